The molecule has 3 rings (SSSR count). The first-order valence-electron chi connectivity index (χ1n) is 10.7. The van der Waals surface area contributed by atoms with E-state index >= 15 is 0 Å². The van der Waals surface area contributed by atoms with E-state index in [1.807, 2.05) is 24.3 Å². The number of benzene rings is 2. The number of alkyl carbamates (subject to hydrolysis) is 1. The molecule has 0 saturated heterocycles. The number of hydrogen-bond acceptors (Lipinski definition) is 4. The summed E-state index contributed by atoms with van der Waals surface area (Å²) in [6.07, 6.45) is 2.05. The predicted molar refractivity (Wildman–Crippen MR) is 121 cm³/mol. The third-order valence-corrected chi connectivity index (χ3v) is 5.23. The predicted octanol–water partition coefficient (Wildman–Crippen LogP) is 4.90. The van der Waals surface area contributed by atoms with Gasteiger partial charge in [0.1, 0.15) is 17.5 Å². The minimum absolute atomic E-state index is 0.0292. The van der Waals surface area contributed by atoms with Crippen LogP contribution in [0.5, 0.6) is 0 Å². The van der Waals surface area contributed by atoms with Crippen LogP contribution in [-0.4, -0.2) is 23.6 Å². The molecule has 1 aliphatic rings. The number of carbonyl (C=O) groups excluding carboxylic acids is 2. The maximum absolute atomic E-state index is 14.9. The Balaban J connectivity index is 1.80. The molecule has 168 valence electrons. The van der Waals surface area contributed by atoms with E-state index in [1.165, 1.54) is 13.0 Å². The molecule has 0 bridgehead atoms. The maximum Gasteiger partial charge on any atom is 0.408 e. The lowest BCUT2D eigenvalue weighted by atomic mass is 9.94. The molecule has 1 aliphatic carbocycles. The van der Waals surface area contributed by atoms with Crippen molar-refractivity contribution >= 4 is 17.7 Å². The first-order chi connectivity index (χ1) is 15.1. The molecule has 7 heteroatoms. The molecule has 2 N–H and O–H groups in total. The van der Waals surface area contributed by atoms with Gasteiger partial charge in [-0.25, -0.2) is 9.18 Å². The van der Waals surface area contributed by atoms with Crippen LogP contribution in [0, 0.1) is 17.1 Å². The molecule has 0 fully saturated rings. The van der Waals surface area contributed by atoms with Crippen molar-refractivity contribution in [2.75, 3.05) is 5.32 Å². The van der Waals surface area contributed by atoms with Gasteiger partial charge in [-0.2, -0.15) is 5.26 Å². The number of hydrogen-bond donors (Lipinski definition) is 2. The van der Waals surface area contributed by atoms with E-state index in [4.69, 9.17) is 4.74 Å². The summed E-state index contributed by atoms with van der Waals surface area (Å²) >= 11 is 0. The van der Waals surface area contributed by atoms with E-state index in [0.29, 0.717) is 5.56 Å². The number of carbonyl (C=O) groups is 2. The van der Waals surface area contributed by atoms with Crippen LogP contribution in [0.3, 0.4) is 0 Å². The average Bonchev–Trinajstić information content (AvgIpc) is 3.17. The Labute approximate surface area is 187 Å². The number of nitrogens with one attached hydrogen (secondary N) is 2. The number of ether oxygens (including phenoxy) is 1. The molecule has 0 saturated carbocycles. The van der Waals surface area contributed by atoms with Crippen LogP contribution in [0.2, 0.25) is 0 Å². The summed E-state index contributed by atoms with van der Waals surface area (Å²) in [7, 11) is 0. The molecular weight excluding hydrogens is 409 g/mol. The summed E-state index contributed by atoms with van der Waals surface area (Å²) in [5, 5.41) is 14.7. The fourth-order valence-electron chi connectivity index (χ4n) is 3.96. The van der Waals surface area contributed by atoms with Gasteiger partial charge in [0.2, 0.25) is 5.91 Å². The highest BCUT2D eigenvalue weighted by molar-refractivity contribution is 5.91. The molecule has 1 atom stereocenters. The quantitative estimate of drug-likeness (QED) is 0.696. The number of halogens is 1. The molecule has 32 heavy (non-hydrogen) atoms. The number of rotatable bonds is 5. The Hall–Kier alpha value is -3.40. The average molecular weight is 438 g/mol. The molecular formula is C25H28FN3O3. The SMILES string of the molecule is CC(=O)Nc1ccc(-c2ccc(C[C@@H](C#N)NC(=O)OC(C)(C)C)c(F)c2)c2c1CCC2. The number of fused-ring (bicyclic) bond motifs is 1. The van der Waals surface area contributed by atoms with Gasteiger partial charge in [0.25, 0.3) is 0 Å². The maximum atomic E-state index is 14.9. The minimum Gasteiger partial charge on any atom is -0.444 e. The summed E-state index contributed by atoms with van der Waals surface area (Å²) in [6.45, 7) is 6.67. The fourth-order valence-corrected chi connectivity index (χ4v) is 3.96. The monoisotopic (exact) mass is 437 g/mol. The lowest BCUT2D eigenvalue weighted by Gasteiger charge is -2.21. The Morgan fingerprint density at radius 2 is 1.91 bits per heavy atom. The molecule has 6 nitrogen and oxygen atoms in total. The zero-order chi connectivity index (χ0) is 23.5. The van der Waals surface area contributed by atoms with Crippen LogP contribution in [0.15, 0.2) is 30.3 Å². The van der Waals surface area contributed by atoms with E-state index in [-0.39, 0.29) is 12.3 Å². The lowest BCUT2D eigenvalue weighted by molar-refractivity contribution is -0.114. The minimum atomic E-state index is -0.911. The van der Waals surface area contributed by atoms with Crippen LogP contribution in [0.25, 0.3) is 11.1 Å². The highest BCUT2D eigenvalue weighted by Gasteiger charge is 2.22. The van der Waals surface area contributed by atoms with Crippen LogP contribution in [-0.2, 0) is 28.8 Å². The number of anilines is 1. The first kappa shape index (κ1) is 23.3. The van der Waals surface area contributed by atoms with Gasteiger partial charge in [-0.3, -0.25) is 4.79 Å². The molecule has 0 aromatic heterocycles. The molecule has 0 unspecified atom stereocenters. The summed E-state index contributed by atoms with van der Waals surface area (Å²) in [5.74, 6) is -0.555. The Bertz CT molecular complexity index is 1080. The Morgan fingerprint density at radius 3 is 2.53 bits per heavy atom. The van der Waals surface area contributed by atoms with Gasteiger partial charge in [0.15, 0.2) is 0 Å². The largest absolute Gasteiger partial charge is 0.444 e. The van der Waals surface area contributed by atoms with Crippen LogP contribution >= 0.6 is 0 Å². The van der Waals surface area contributed by atoms with Crippen molar-refractivity contribution < 1.29 is 18.7 Å². The smallest absolute Gasteiger partial charge is 0.408 e. The lowest BCUT2D eigenvalue weighted by Crippen LogP contribution is -2.39. The van der Waals surface area contributed by atoms with Crippen molar-refractivity contribution in [1.82, 2.24) is 5.32 Å². The summed E-state index contributed by atoms with van der Waals surface area (Å²) in [6, 6.07) is 9.78. The van der Waals surface area contributed by atoms with E-state index in [9.17, 15) is 19.2 Å². The van der Waals surface area contributed by atoms with Crippen molar-refractivity contribution in [3.63, 3.8) is 0 Å². The Kier molecular flexibility index (Phi) is 6.83. The third-order valence-electron chi connectivity index (χ3n) is 5.23. The summed E-state index contributed by atoms with van der Waals surface area (Å²) in [4.78, 5) is 23.4. The topological polar surface area (TPSA) is 91.2 Å². The summed E-state index contributed by atoms with van der Waals surface area (Å²) in [5.41, 5.74) is 4.39. The van der Waals surface area contributed by atoms with Crippen molar-refractivity contribution in [3.05, 3.63) is 52.8 Å². The molecule has 2 aromatic carbocycles. The van der Waals surface area contributed by atoms with Gasteiger partial charge in [-0.15, -0.1) is 0 Å². The van der Waals surface area contributed by atoms with Gasteiger partial charge in [-0.1, -0.05) is 18.2 Å². The van der Waals surface area contributed by atoms with Gasteiger partial charge < -0.3 is 15.4 Å². The van der Waals surface area contributed by atoms with Crippen LogP contribution in [0.1, 0.15) is 50.8 Å². The van der Waals surface area contributed by atoms with E-state index in [0.717, 1.165) is 47.2 Å². The second-order valence-electron chi connectivity index (χ2n) is 8.99. The van der Waals surface area contributed by atoms with E-state index in [2.05, 4.69) is 10.6 Å². The second-order valence-corrected chi connectivity index (χ2v) is 8.99. The molecule has 0 aliphatic heterocycles. The van der Waals surface area contributed by atoms with E-state index in [1.54, 1.807) is 26.8 Å². The van der Waals surface area contributed by atoms with Crippen molar-refractivity contribution in [3.8, 4) is 17.2 Å². The van der Waals surface area contributed by atoms with E-state index < -0.39 is 23.6 Å². The van der Waals surface area contributed by atoms with Crippen molar-refractivity contribution in [2.24, 2.45) is 0 Å². The zero-order valence-corrected chi connectivity index (χ0v) is 18.8. The first-order valence-corrected chi connectivity index (χ1v) is 10.7. The van der Waals surface area contributed by atoms with Crippen molar-refractivity contribution in [1.29, 1.82) is 5.26 Å². The molecule has 2 amide bonds. The van der Waals surface area contributed by atoms with Crippen LogP contribution < -0.4 is 10.6 Å². The van der Waals surface area contributed by atoms with Crippen LogP contribution in [0.4, 0.5) is 14.9 Å². The van der Waals surface area contributed by atoms with Gasteiger partial charge >= 0.3 is 6.09 Å². The molecule has 2 aromatic rings. The fraction of sp³-hybridized carbons (Fsp3) is 0.400. The highest BCUT2D eigenvalue weighted by atomic mass is 19.1. The third kappa shape index (κ3) is 5.64. The second kappa shape index (κ2) is 9.39. The highest BCUT2D eigenvalue weighted by Crippen LogP contribution is 2.37. The number of nitrogens with zero attached hydrogens (tertiary/aromatic N) is 1. The van der Waals surface area contributed by atoms with Gasteiger partial charge in [0.05, 0.1) is 6.07 Å². The van der Waals surface area contributed by atoms with Gasteiger partial charge in [0, 0.05) is 19.0 Å². The molecule has 0 radical (unpaired) electrons. The van der Waals surface area contributed by atoms with Crippen molar-refractivity contribution in [2.45, 2.75) is 65.0 Å². The number of nitriles is 1. The zero-order valence-electron chi connectivity index (χ0n) is 18.8. The molecule has 0 spiro atoms. The number of amides is 2. The standard InChI is InChI=1S/C25H28FN3O3/c1-15(30)28-23-11-10-19(20-6-5-7-21(20)23)16-8-9-17(22(26)13-16)12-18(14-27)29-24(31)32-25(2,3)4/h8-11,13,18H,5-7,12H2,1-4H3,(H,28,30)(H,29,31)/t18-/m0/s1. The normalized spacial score (nSPS) is 13.6. The Morgan fingerprint density at radius 1 is 1.19 bits per heavy atom. The summed E-state index contributed by atoms with van der Waals surface area (Å²) < 4.78 is 20.1. The molecule has 0 heterocycles. The van der Waals surface area contributed by atoms with Gasteiger partial charge in [-0.05, 0) is 80.0 Å².